The molecule has 1 saturated heterocycles. The first kappa shape index (κ1) is 21.1. The zero-order valence-corrected chi connectivity index (χ0v) is 17.6. The summed E-state index contributed by atoms with van der Waals surface area (Å²) < 4.78 is 32.7. The summed E-state index contributed by atoms with van der Waals surface area (Å²) in [5.41, 5.74) is 5.69. The minimum absolute atomic E-state index is 0.111. The van der Waals surface area contributed by atoms with Crippen molar-refractivity contribution in [2.45, 2.75) is 44.9 Å². The molecule has 1 aromatic heterocycles. The number of nitrogens with zero attached hydrogens (tertiary/aromatic N) is 1. The van der Waals surface area contributed by atoms with Crippen molar-refractivity contribution in [1.29, 1.82) is 0 Å². The molecule has 3 rings (SSSR count). The quantitative estimate of drug-likeness (QED) is 0.740. The first-order valence-corrected chi connectivity index (χ1v) is 10.9. The molecule has 0 aliphatic carbocycles. The lowest BCUT2D eigenvalue weighted by Gasteiger charge is -2.26. The van der Waals surface area contributed by atoms with Gasteiger partial charge >= 0.3 is 0 Å². The molecule has 0 saturated carbocycles. The van der Waals surface area contributed by atoms with E-state index in [4.69, 9.17) is 4.42 Å². The number of hydrazine groups is 1. The summed E-state index contributed by atoms with van der Waals surface area (Å²) >= 11 is 0. The number of nitrogens with one attached hydrogen (secondary N) is 2. The van der Waals surface area contributed by atoms with Crippen molar-refractivity contribution in [3.63, 3.8) is 0 Å². The molecule has 2 aromatic rings. The highest BCUT2D eigenvalue weighted by molar-refractivity contribution is 7.89. The predicted octanol–water partition coefficient (Wildman–Crippen LogP) is 2.45. The predicted molar refractivity (Wildman–Crippen MR) is 107 cm³/mol. The van der Waals surface area contributed by atoms with E-state index in [1.165, 1.54) is 16.4 Å². The van der Waals surface area contributed by atoms with E-state index >= 15 is 0 Å². The zero-order chi connectivity index (χ0) is 21.2. The zero-order valence-electron chi connectivity index (χ0n) is 16.7. The van der Waals surface area contributed by atoms with Crippen molar-refractivity contribution >= 4 is 21.8 Å². The van der Waals surface area contributed by atoms with Gasteiger partial charge in [0, 0.05) is 18.7 Å². The molecule has 9 heteroatoms. The van der Waals surface area contributed by atoms with Crippen LogP contribution in [0.3, 0.4) is 0 Å². The average Bonchev–Trinajstić information content (AvgIpc) is 3.04. The Kier molecular flexibility index (Phi) is 6.09. The molecule has 8 nitrogen and oxygen atoms in total. The van der Waals surface area contributed by atoms with Gasteiger partial charge in [-0.25, -0.2) is 8.42 Å². The summed E-state index contributed by atoms with van der Waals surface area (Å²) in [7, 11) is -3.67. The average molecular weight is 420 g/mol. The highest BCUT2D eigenvalue weighted by atomic mass is 32.2. The van der Waals surface area contributed by atoms with E-state index in [9.17, 15) is 18.0 Å². The van der Waals surface area contributed by atoms with Crippen molar-refractivity contribution in [2.24, 2.45) is 0 Å². The van der Waals surface area contributed by atoms with Gasteiger partial charge < -0.3 is 4.42 Å². The fourth-order valence-electron chi connectivity index (χ4n) is 3.37. The standard InChI is InChI=1S/C20H25N3O5S/c1-13-7-8-16(12-18(13)29(26,27)23-9-5-4-6-10-23)19(24)21-22-20(25)17-11-14(2)28-15(17)3/h7-8,11-12H,4-6,9-10H2,1-3H3,(H,21,24)(H,22,25). The van der Waals surface area contributed by atoms with Gasteiger partial charge in [0.25, 0.3) is 11.8 Å². The van der Waals surface area contributed by atoms with E-state index in [1.807, 2.05) is 0 Å². The molecule has 29 heavy (non-hydrogen) atoms. The molecule has 1 aliphatic heterocycles. The van der Waals surface area contributed by atoms with Crippen molar-refractivity contribution in [2.75, 3.05) is 13.1 Å². The van der Waals surface area contributed by atoms with Crippen molar-refractivity contribution < 1.29 is 22.4 Å². The summed E-state index contributed by atoms with van der Waals surface area (Å²) in [6.07, 6.45) is 2.68. The van der Waals surface area contributed by atoms with E-state index in [-0.39, 0.29) is 10.5 Å². The topological polar surface area (TPSA) is 109 Å². The molecule has 0 spiro atoms. The van der Waals surface area contributed by atoms with Crippen LogP contribution in [0.15, 0.2) is 33.6 Å². The third-order valence-corrected chi connectivity index (χ3v) is 7.00. The molecule has 156 valence electrons. The molecular weight excluding hydrogens is 394 g/mol. The molecule has 0 atom stereocenters. The summed E-state index contributed by atoms with van der Waals surface area (Å²) in [6, 6.07) is 6.05. The maximum Gasteiger partial charge on any atom is 0.273 e. The normalized spacial score (nSPS) is 15.1. The largest absolute Gasteiger partial charge is 0.466 e. The van der Waals surface area contributed by atoms with Crippen LogP contribution in [0.4, 0.5) is 0 Å². The lowest BCUT2D eigenvalue weighted by atomic mass is 10.1. The summed E-state index contributed by atoms with van der Waals surface area (Å²) in [4.78, 5) is 24.8. The molecule has 1 aromatic carbocycles. The Labute approximate surface area is 170 Å². The second kappa shape index (κ2) is 8.38. The van der Waals surface area contributed by atoms with Crippen LogP contribution in [0.5, 0.6) is 0 Å². The highest BCUT2D eigenvalue weighted by Crippen LogP contribution is 2.24. The summed E-state index contributed by atoms with van der Waals surface area (Å²) in [5.74, 6) is -0.0862. The Balaban J connectivity index is 1.75. The maximum atomic E-state index is 13.0. The van der Waals surface area contributed by atoms with Crippen molar-refractivity contribution in [3.05, 3.63) is 52.5 Å². The lowest BCUT2D eigenvalue weighted by molar-refractivity contribution is 0.0845. The molecule has 1 aliphatic rings. The minimum atomic E-state index is -3.67. The minimum Gasteiger partial charge on any atom is -0.466 e. The van der Waals surface area contributed by atoms with Crippen LogP contribution in [-0.4, -0.2) is 37.6 Å². The van der Waals surface area contributed by atoms with E-state index in [1.54, 1.807) is 32.9 Å². The molecule has 0 unspecified atom stereocenters. The van der Waals surface area contributed by atoms with E-state index in [0.717, 1.165) is 19.3 Å². The number of amides is 2. The SMILES string of the molecule is Cc1cc(C(=O)NNC(=O)c2ccc(C)c(S(=O)(=O)N3CCCCC3)c2)c(C)o1. The highest BCUT2D eigenvalue weighted by Gasteiger charge is 2.28. The Morgan fingerprint density at radius 3 is 2.24 bits per heavy atom. The van der Waals surface area contributed by atoms with Gasteiger partial charge in [-0.1, -0.05) is 12.5 Å². The van der Waals surface area contributed by atoms with E-state index in [0.29, 0.717) is 35.7 Å². The van der Waals surface area contributed by atoms with Crippen LogP contribution in [0.25, 0.3) is 0 Å². The second-order valence-electron chi connectivity index (χ2n) is 7.18. The first-order chi connectivity index (χ1) is 13.7. The Bertz CT molecular complexity index is 1040. The van der Waals surface area contributed by atoms with Crippen LogP contribution >= 0.6 is 0 Å². The monoisotopic (exact) mass is 419 g/mol. The van der Waals surface area contributed by atoms with Gasteiger partial charge in [-0.05, 0) is 57.4 Å². The van der Waals surface area contributed by atoms with Gasteiger partial charge in [0.2, 0.25) is 10.0 Å². The van der Waals surface area contributed by atoms with Gasteiger partial charge in [-0.2, -0.15) is 4.31 Å². The number of benzene rings is 1. The first-order valence-electron chi connectivity index (χ1n) is 9.48. The van der Waals surface area contributed by atoms with Gasteiger partial charge in [0.1, 0.15) is 11.5 Å². The molecule has 0 radical (unpaired) electrons. The summed E-state index contributed by atoms with van der Waals surface area (Å²) in [5, 5.41) is 0. The fraction of sp³-hybridized carbons (Fsp3) is 0.400. The van der Waals surface area contributed by atoms with Crippen molar-refractivity contribution in [3.8, 4) is 0 Å². The molecule has 0 bridgehead atoms. The van der Waals surface area contributed by atoms with E-state index in [2.05, 4.69) is 10.9 Å². The number of hydrogen-bond acceptors (Lipinski definition) is 5. The molecular formula is C20H25N3O5S. The molecule has 2 N–H and O–H groups in total. The lowest BCUT2D eigenvalue weighted by Crippen LogP contribution is -2.42. The molecule has 2 heterocycles. The molecule has 2 amide bonds. The number of carbonyl (C=O) groups is 2. The fourth-order valence-corrected chi connectivity index (χ4v) is 5.14. The summed E-state index contributed by atoms with van der Waals surface area (Å²) in [6.45, 7) is 6.04. The third-order valence-electron chi connectivity index (χ3n) is 4.96. The van der Waals surface area contributed by atoms with Crippen LogP contribution in [-0.2, 0) is 10.0 Å². The van der Waals surface area contributed by atoms with Crippen LogP contribution in [0, 0.1) is 20.8 Å². The van der Waals surface area contributed by atoms with Crippen LogP contribution in [0.1, 0.15) is 57.1 Å². The van der Waals surface area contributed by atoms with Gasteiger partial charge in [-0.3, -0.25) is 20.4 Å². The number of furan rings is 1. The Morgan fingerprint density at radius 2 is 1.62 bits per heavy atom. The third kappa shape index (κ3) is 4.51. The van der Waals surface area contributed by atoms with Crippen LogP contribution < -0.4 is 10.9 Å². The number of piperidine rings is 1. The number of carbonyl (C=O) groups excluding carboxylic acids is 2. The van der Waals surface area contributed by atoms with Gasteiger partial charge in [-0.15, -0.1) is 0 Å². The van der Waals surface area contributed by atoms with Crippen LogP contribution in [0.2, 0.25) is 0 Å². The Hall–Kier alpha value is -2.65. The number of hydrogen-bond donors (Lipinski definition) is 2. The second-order valence-corrected chi connectivity index (χ2v) is 9.09. The van der Waals surface area contributed by atoms with Crippen molar-refractivity contribution in [1.82, 2.24) is 15.2 Å². The number of aryl methyl sites for hydroxylation is 3. The maximum absolute atomic E-state index is 13.0. The van der Waals surface area contributed by atoms with Gasteiger partial charge in [0.15, 0.2) is 0 Å². The van der Waals surface area contributed by atoms with Gasteiger partial charge in [0.05, 0.1) is 10.5 Å². The number of sulfonamides is 1. The number of rotatable bonds is 4. The van der Waals surface area contributed by atoms with E-state index < -0.39 is 21.8 Å². The smallest absolute Gasteiger partial charge is 0.273 e. The Morgan fingerprint density at radius 1 is 0.966 bits per heavy atom. The molecule has 1 fully saturated rings.